The Hall–Kier alpha value is -2.17. The first kappa shape index (κ1) is 10.9. The monoisotopic (exact) mass is 206 g/mol. The number of rotatable bonds is 4. The number of aryl methyl sites for hydroxylation is 1. The maximum atomic E-state index is 10.3. The van der Waals surface area contributed by atoms with Gasteiger partial charge in [0.2, 0.25) is 6.29 Å². The summed E-state index contributed by atoms with van der Waals surface area (Å²) in [6.45, 7) is 1.94. The van der Waals surface area contributed by atoms with Gasteiger partial charge in [-0.15, -0.1) is 0 Å². The zero-order valence-corrected chi connectivity index (χ0v) is 8.14. The summed E-state index contributed by atoms with van der Waals surface area (Å²) in [4.78, 5) is 19.8. The van der Waals surface area contributed by atoms with E-state index in [-0.39, 0.29) is 6.29 Å². The molecule has 0 aliphatic carbocycles. The molecule has 0 saturated carbocycles. The van der Waals surface area contributed by atoms with E-state index in [4.69, 9.17) is 0 Å². The van der Waals surface area contributed by atoms with Crippen LogP contribution >= 0.6 is 0 Å². The zero-order valence-electron chi connectivity index (χ0n) is 8.14. The van der Waals surface area contributed by atoms with Gasteiger partial charge < -0.3 is 5.32 Å². The standard InChI is InChI=1S/C10H10N2O3/c1-8-2-4-9(5-3-8)11-6-10(7-13)12(14)15/h2-7,11H,1H3/b10-6-. The van der Waals surface area contributed by atoms with Crippen LogP contribution in [0.1, 0.15) is 5.56 Å². The Morgan fingerprint density at radius 1 is 1.40 bits per heavy atom. The van der Waals surface area contributed by atoms with E-state index < -0.39 is 10.6 Å². The Balaban J connectivity index is 2.74. The quantitative estimate of drug-likeness (QED) is 0.352. The fraction of sp³-hybridized carbons (Fsp3) is 0.100. The summed E-state index contributed by atoms with van der Waals surface area (Å²) in [5.74, 6) is 0. The summed E-state index contributed by atoms with van der Waals surface area (Å²) in [6.07, 6.45) is 1.26. The maximum Gasteiger partial charge on any atom is 0.324 e. The minimum absolute atomic E-state index is 0.196. The number of hydrogen-bond donors (Lipinski definition) is 1. The Labute approximate surface area is 86.6 Å². The molecule has 0 spiro atoms. The normalized spacial score (nSPS) is 10.9. The van der Waals surface area contributed by atoms with E-state index in [0.717, 1.165) is 11.8 Å². The summed E-state index contributed by atoms with van der Waals surface area (Å²) in [7, 11) is 0. The van der Waals surface area contributed by atoms with E-state index in [1.807, 2.05) is 19.1 Å². The number of nitro groups is 1. The minimum Gasteiger partial charge on any atom is -0.356 e. The van der Waals surface area contributed by atoms with Gasteiger partial charge in [0.25, 0.3) is 0 Å². The molecule has 0 radical (unpaired) electrons. The molecule has 0 bridgehead atoms. The average molecular weight is 206 g/mol. The van der Waals surface area contributed by atoms with Crippen molar-refractivity contribution >= 4 is 12.0 Å². The summed E-state index contributed by atoms with van der Waals surface area (Å²) >= 11 is 0. The summed E-state index contributed by atoms with van der Waals surface area (Å²) in [5, 5.41) is 12.9. The lowest BCUT2D eigenvalue weighted by molar-refractivity contribution is -0.417. The highest BCUT2D eigenvalue weighted by Gasteiger charge is 2.06. The molecule has 0 aliphatic rings. The van der Waals surface area contributed by atoms with Gasteiger partial charge in [0.1, 0.15) is 0 Å². The Bertz CT molecular complexity index is 396. The topological polar surface area (TPSA) is 72.2 Å². The molecular weight excluding hydrogens is 196 g/mol. The van der Waals surface area contributed by atoms with Crippen LogP contribution in [-0.4, -0.2) is 11.2 Å². The number of anilines is 1. The van der Waals surface area contributed by atoms with Crippen molar-refractivity contribution < 1.29 is 9.72 Å². The van der Waals surface area contributed by atoms with Crippen LogP contribution in [0.5, 0.6) is 0 Å². The first-order chi connectivity index (χ1) is 7.13. The largest absolute Gasteiger partial charge is 0.356 e. The number of benzene rings is 1. The van der Waals surface area contributed by atoms with E-state index in [1.165, 1.54) is 0 Å². The van der Waals surface area contributed by atoms with Crippen molar-refractivity contribution in [2.75, 3.05) is 5.32 Å². The highest BCUT2D eigenvalue weighted by atomic mass is 16.6. The van der Waals surface area contributed by atoms with E-state index in [1.54, 1.807) is 12.1 Å². The third-order valence-electron chi connectivity index (χ3n) is 1.77. The molecule has 1 aromatic carbocycles. The number of carbonyl (C=O) groups is 1. The fourth-order valence-corrected chi connectivity index (χ4v) is 0.937. The van der Waals surface area contributed by atoms with Gasteiger partial charge in [-0.1, -0.05) is 17.7 Å². The second-order valence-corrected chi connectivity index (χ2v) is 2.95. The number of carbonyl (C=O) groups excluding carboxylic acids is 1. The number of allylic oxidation sites excluding steroid dienone is 1. The molecule has 5 heteroatoms. The van der Waals surface area contributed by atoms with Gasteiger partial charge in [-0.3, -0.25) is 14.9 Å². The predicted molar refractivity (Wildman–Crippen MR) is 55.9 cm³/mol. The molecule has 0 heterocycles. The van der Waals surface area contributed by atoms with E-state index >= 15 is 0 Å². The van der Waals surface area contributed by atoms with Crippen LogP contribution in [0, 0.1) is 17.0 Å². The summed E-state index contributed by atoms with van der Waals surface area (Å²) < 4.78 is 0. The first-order valence-electron chi connectivity index (χ1n) is 4.26. The molecule has 78 valence electrons. The first-order valence-corrected chi connectivity index (χ1v) is 4.26. The molecule has 1 N–H and O–H groups in total. The highest BCUT2D eigenvalue weighted by molar-refractivity contribution is 5.70. The van der Waals surface area contributed by atoms with Crippen molar-refractivity contribution in [1.82, 2.24) is 0 Å². The van der Waals surface area contributed by atoms with Gasteiger partial charge in [0, 0.05) is 5.69 Å². The number of hydrogen-bond acceptors (Lipinski definition) is 4. The maximum absolute atomic E-state index is 10.3. The third kappa shape index (κ3) is 3.22. The molecule has 0 aromatic heterocycles. The van der Waals surface area contributed by atoms with E-state index in [9.17, 15) is 14.9 Å². The van der Waals surface area contributed by atoms with Gasteiger partial charge in [-0.05, 0) is 19.1 Å². The van der Waals surface area contributed by atoms with E-state index in [0.29, 0.717) is 5.69 Å². The zero-order chi connectivity index (χ0) is 11.3. The lowest BCUT2D eigenvalue weighted by Gasteiger charge is -1.99. The molecule has 0 unspecified atom stereocenters. The smallest absolute Gasteiger partial charge is 0.324 e. The molecule has 0 aliphatic heterocycles. The molecule has 1 rings (SSSR count). The molecule has 1 aromatic rings. The SMILES string of the molecule is Cc1ccc(N/C=C(/C=O)[N+](=O)[O-])cc1. The third-order valence-corrected chi connectivity index (χ3v) is 1.77. The summed E-state index contributed by atoms with van der Waals surface area (Å²) in [5.41, 5.74) is 1.28. The number of nitrogens with zero attached hydrogens (tertiary/aromatic N) is 1. The molecule has 0 fully saturated rings. The Morgan fingerprint density at radius 2 is 2.00 bits per heavy atom. The van der Waals surface area contributed by atoms with Gasteiger partial charge in [0.15, 0.2) is 0 Å². The number of nitrogens with one attached hydrogen (secondary N) is 1. The number of aldehydes is 1. The van der Waals surface area contributed by atoms with Crippen molar-refractivity contribution in [3.8, 4) is 0 Å². The lowest BCUT2D eigenvalue weighted by Crippen LogP contribution is -2.02. The fourth-order valence-electron chi connectivity index (χ4n) is 0.937. The second-order valence-electron chi connectivity index (χ2n) is 2.95. The molecule has 0 atom stereocenters. The van der Waals surface area contributed by atoms with Gasteiger partial charge in [-0.25, -0.2) is 0 Å². The second kappa shape index (κ2) is 4.90. The predicted octanol–water partition coefficient (Wildman–Crippen LogP) is 1.72. The van der Waals surface area contributed by atoms with Gasteiger partial charge in [0.05, 0.1) is 11.1 Å². The van der Waals surface area contributed by atoms with Crippen LogP contribution in [0.3, 0.4) is 0 Å². The van der Waals surface area contributed by atoms with Crippen LogP contribution < -0.4 is 5.32 Å². The lowest BCUT2D eigenvalue weighted by atomic mass is 10.2. The van der Waals surface area contributed by atoms with Crippen LogP contribution in [0.2, 0.25) is 0 Å². The van der Waals surface area contributed by atoms with Crippen molar-refractivity contribution in [2.24, 2.45) is 0 Å². The Morgan fingerprint density at radius 3 is 2.47 bits per heavy atom. The van der Waals surface area contributed by atoms with Crippen molar-refractivity contribution in [1.29, 1.82) is 0 Å². The van der Waals surface area contributed by atoms with Gasteiger partial charge in [-0.2, -0.15) is 0 Å². The van der Waals surface area contributed by atoms with Crippen LogP contribution in [0.15, 0.2) is 36.2 Å². The van der Waals surface area contributed by atoms with Crippen molar-refractivity contribution in [3.63, 3.8) is 0 Å². The molecule has 0 amide bonds. The minimum atomic E-state index is -0.742. The van der Waals surface area contributed by atoms with Crippen LogP contribution in [-0.2, 0) is 4.79 Å². The molecular formula is C10H10N2O3. The molecule has 0 saturated heterocycles. The average Bonchev–Trinajstić information content (AvgIpc) is 2.21. The van der Waals surface area contributed by atoms with Crippen LogP contribution in [0.4, 0.5) is 5.69 Å². The molecule has 15 heavy (non-hydrogen) atoms. The van der Waals surface area contributed by atoms with Crippen LogP contribution in [0.25, 0.3) is 0 Å². The van der Waals surface area contributed by atoms with Crippen molar-refractivity contribution in [2.45, 2.75) is 6.92 Å². The van der Waals surface area contributed by atoms with Crippen molar-refractivity contribution in [3.05, 3.63) is 51.8 Å². The Kier molecular flexibility index (Phi) is 3.56. The van der Waals surface area contributed by atoms with Gasteiger partial charge >= 0.3 is 5.70 Å². The van der Waals surface area contributed by atoms with E-state index in [2.05, 4.69) is 5.32 Å². The molecule has 5 nitrogen and oxygen atoms in total. The summed E-state index contributed by atoms with van der Waals surface area (Å²) in [6, 6.07) is 7.27. The highest BCUT2D eigenvalue weighted by Crippen LogP contribution is 2.08.